The normalized spacial score (nSPS) is 15.1. The Labute approximate surface area is 277 Å². The molecule has 0 spiro atoms. The molecule has 0 saturated heterocycles. The molecule has 0 aromatic heterocycles. The minimum atomic E-state index is -8.76. The Kier molecular flexibility index (Phi) is 10.4. The molecule has 3 rings (SSSR count). The standard InChI is InChI=1S/C27H17F17N2O6/c1-50-12-8-13(51-2)10-14(9-12)52-46-18(48)15-4-3-11(7-16(15)19(46)49)17(47)45-6-5-20(28,29)21(30,31)22(32,33)23(34,35)24(36,37)25(38,39)26(40,41)27(42,43)44/h3-4,7-10H,5-6H2,1-2H3,(H,45,47). The molecule has 0 radical (unpaired) electrons. The van der Waals surface area contributed by atoms with Crippen molar-refractivity contribution in [1.29, 1.82) is 0 Å². The number of methoxy groups -OCH3 is 2. The first-order chi connectivity index (χ1) is 23.4. The Morgan fingerprint density at radius 2 is 1.02 bits per heavy atom. The van der Waals surface area contributed by atoms with Crippen molar-refractivity contribution >= 4 is 17.7 Å². The van der Waals surface area contributed by atoms with Crippen LogP contribution in [0.25, 0.3) is 0 Å². The highest BCUT2D eigenvalue weighted by Crippen LogP contribution is 2.64. The molecule has 0 atom stereocenters. The second-order valence-electron chi connectivity index (χ2n) is 10.5. The quantitative estimate of drug-likeness (QED) is 0.158. The number of alkyl halides is 17. The van der Waals surface area contributed by atoms with E-state index < -0.39 is 95.0 Å². The molecule has 3 amide bonds. The summed E-state index contributed by atoms with van der Waals surface area (Å²) >= 11 is 0. The Hall–Kier alpha value is -4.74. The summed E-state index contributed by atoms with van der Waals surface area (Å²) in [4.78, 5) is 43.2. The van der Waals surface area contributed by atoms with Crippen molar-refractivity contribution in [3.05, 3.63) is 53.1 Å². The monoisotopic (exact) mass is 788 g/mol. The lowest BCUT2D eigenvalue weighted by molar-refractivity contribution is -0.461. The molecule has 0 saturated carbocycles. The minimum Gasteiger partial charge on any atom is -0.496 e. The van der Waals surface area contributed by atoms with E-state index in [1.165, 1.54) is 37.7 Å². The Bertz CT molecular complexity index is 1710. The van der Waals surface area contributed by atoms with Crippen molar-refractivity contribution in [3.8, 4) is 17.2 Å². The molecule has 0 fully saturated rings. The van der Waals surface area contributed by atoms with Gasteiger partial charge in [-0.3, -0.25) is 14.4 Å². The van der Waals surface area contributed by atoms with Crippen molar-refractivity contribution in [2.75, 3.05) is 20.8 Å². The maximum absolute atomic E-state index is 14.2. The van der Waals surface area contributed by atoms with Crippen molar-refractivity contribution in [3.63, 3.8) is 0 Å². The van der Waals surface area contributed by atoms with Crippen LogP contribution in [0.3, 0.4) is 0 Å². The summed E-state index contributed by atoms with van der Waals surface area (Å²) in [5.74, 6) is -61.4. The molecule has 2 aromatic rings. The Balaban J connectivity index is 1.78. The first-order valence-corrected chi connectivity index (χ1v) is 13.3. The number of imide groups is 1. The highest BCUT2D eigenvalue weighted by molar-refractivity contribution is 6.21. The predicted octanol–water partition coefficient (Wildman–Crippen LogP) is 7.42. The summed E-state index contributed by atoms with van der Waals surface area (Å²) in [6.07, 6.45) is -10.8. The number of benzene rings is 2. The largest absolute Gasteiger partial charge is 0.496 e. The van der Waals surface area contributed by atoms with Crippen LogP contribution in [0.5, 0.6) is 17.2 Å². The second-order valence-corrected chi connectivity index (χ2v) is 10.5. The molecule has 0 aliphatic carbocycles. The SMILES string of the molecule is COc1cc(OC)cc(ON2C(=O)c3ccc(C(=O)NCCC(F)(F)C(F)(F)C(F)(F)C(F)(F)C(F)(F)C(F)(F)C(F)(F)C(F)(F)F)cc3C2=O)c1. The first kappa shape index (κ1) is 41.7. The van der Waals surface area contributed by atoms with Gasteiger partial charge in [0.2, 0.25) is 0 Å². The molecule has 1 aliphatic rings. The molecule has 25 heteroatoms. The van der Waals surface area contributed by atoms with E-state index >= 15 is 0 Å². The molecule has 1 aliphatic heterocycles. The van der Waals surface area contributed by atoms with E-state index in [4.69, 9.17) is 14.3 Å². The van der Waals surface area contributed by atoms with Gasteiger partial charge >= 0.3 is 47.6 Å². The number of nitrogens with one attached hydrogen (secondary N) is 1. The minimum absolute atomic E-state index is 0.135. The van der Waals surface area contributed by atoms with Gasteiger partial charge in [0.05, 0.1) is 25.3 Å². The van der Waals surface area contributed by atoms with Gasteiger partial charge in [-0.2, -0.15) is 74.6 Å². The fourth-order valence-electron chi connectivity index (χ4n) is 4.17. The number of amides is 3. The van der Waals surface area contributed by atoms with Gasteiger partial charge in [0.25, 0.3) is 17.7 Å². The van der Waals surface area contributed by atoms with Gasteiger partial charge < -0.3 is 19.6 Å². The van der Waals surface area contributed by atoms with Gasteiger partial charge in [-0.15, -0.1) is 0 Å². The van der Waals surface area contributed by atoms with E-state index in [9.17, 15) is 89.0 Å². The number of ether oxygens (including phenoxy) is 2. The predicted molar refractivity (Wildman–Crippen MR) is 135 cm³/mol. The fourth-order valence-corrected chi connectivity index (χ4v) is 4.17. The van der Waals surface area contributed by atoms with Crippen LogP contribution in [-0.2, 0) is 0 Å². The Morgan fingerprint density at radius 1 is 0.596 bits per heavy atom. The van der Waals surface area contributed by atoms with Gasteiger partial charge in [-0.05, 0) is 18.2 Å². The third kappa shape index (κ3) is 6.34. The van der Waals surface area contributed by atoms with E-state index in [1.54, 1.807) is 0 Å². The average molecular weight is 788 g/mol. The highest BCUT2D eigenvalue weighted by atomic mass is 19.4. The zero-order valence-corrected chi connectivity index (χ0v) is 25.2. The van der Waals surface area contributed by atoms with Gasteiger partial charge in [0, 0.05) is 36.7 Å². The van der Waals surface area contributed by atoms with E-state index in [0.29, 0.717) is 6.07 Å². The summed E-state index contributed by atoms with van der Waals surface area (Å²) in [6.45, 7) is -1.96. The van der Waals surface area contributed by atoms with Crippen LogP contribution in [0.1, 0.15) is 37.5 Å². The summed E-state index contributed by atoms with van der Waals surface area (Å²) < 4.78 is 239. The smallest absolute Gasteiger partial charge is 0.460 e. The number of fused-ring (bicyclic) bond motifs is 1. The summed E-state index contributed by atoms with van der Waals surface area (Å²) in [5.41, 5.74) is -1.77. The fraction of sp³-hybridized carbons (Fsp3) is 0.444. The number of carbonyl (C=O) groups excluding carboxylic acids is 3. The van der Waals surface area contributed by atoms with E-state index in [2.05, 4.69) is 0 Å². The summed E-state index contributed by atoms with van der Waals surface area (Å²) in [6, 6.07) is 5.91. The molecule has 1 N–H and O–H groups in total. The lowest BCUT2D eigenvalue weighted by atomic mass is 9.88. The molecule has 1 heterocycles. The van der Waals surface area contributed by atoms with E-state index in [-0.39, 0.29) is 22.3 Å². The highest BCUT2D eigenvalue weighted by Gasteiger charge is 2.95. The Morgan fingerprint density at radius 3 is 1.48 bits per heavy atom. The van der Waals surface area contributed by atoms with Crippen LogP contribution >= 0.6 is 0 Å². The van der Waals surface area contributed by atoms with Crippen LogP contribution in [-0.4, -0.2) is 91.2 Å². The van der Waals surface area contributed by atoms with Crippen LogP contribution in [0.15, 0.2) is 36.4 Å². The van der Waals surface area contributed by atoms with Gasteiger partial charge in [0.1, 0.15) is 11.5 Å². The van der Waals surface area contributed by atoms with Gasteiger partial charge in [-0.1, -0.05) is 5.06 Å². The number of halogens is 17. The van der Waals surface area contributed by atoms with Crippen LogP contribution in [0, 0.1) is 0 Å². The average Bonchev–Trinajstić information content (AvgIpc) is 3.27. The number of hydrogen-bond acceptors (Lipinski definition) is 6. The third-order valence-corrected chi connectivity index (χ3v) is 7.14. The van der Waals surface area contributed by atoms with Crippen LogP contribution in [0.2, 0.25) is 0 Å². The molecule has 8 nitrogen and oxygen atoms in total. The topological polar surface area (TPSA) is 94.2 Å². The van der Waals surface area contributed by atoms with Crippen LogP contribution in [0.4, 0.5) is 74.6 Å². The number of hydroxylamine groups is 2. The molecular formula is C27H17F17N2O6. The third-order valence-electron chi connectivity index (χ3n) is 7.14. The molecular weight excluding hydrogens is 771 g/mol. The zero-order chi connectivity index (χ0) is 40.3. The number of carbonyl (C=O) groups is 3. The number of rotatable bonds is 14. The summed E-state index contributed by atoms with van der Waals surface area (Å²) in [5, 5.41) is 1.54. The van der Waals surface area contributed by atoms with Crippen LogP contribution < -0.4 is 19.6 Å². The number of nitrogens with zero attached hydrogens (tertiary/aromatic N) is 1. The molecule has 290 valence electrons. The lowest BCUT2D eigenvalue weighted by Gasteiger charge is -2.42. The van der Waals surface area contributed by atoms with Crippen molar-refractivity contribution in [1.82, 2.24) is 10.4 Å². The first-order valence-electron chi connectivity index (χ1n) is 13.3. The van der Waals surface area contributed by atoms with Crippen molar-refractivity contribution in [2.24, 2.45) is 0 Å². The van der Waals surface area contributed by atoms with Crippen molar-refractivity contribution in [2.45, 2.75) is 54.1 Å². The second kappa shape index (κ2) is 13.0. The molecule has 0 bridgehead atoms. The molecule has 2 aromatic carbocycles. The maximum atomic E-state index is 14.2. The van der Waals surface area contributed by atoms with E-state index in [1.807, 2.05) is 0 Å². The lowest BCUT2D eigenvalue weighted by Crippen LogP contribution is -2.74. The molecule has 52 heavy (non-hydrogen) atoms. The van der Waals surface area contributed by atoms with Gasteiger partial charge in [-0.25, -0.2) is 0 Å². The summed E-state index contributed by atoms with van der Waals surface area (Å²) in [7, 11) is 2.49. The maximum Gasteiger partial charge on any atom is 0.460 e. The number of hydrogen-bond donors (Lipinski definition) is 1. The molecule has 0 unspecified atom stereocenters. The van der Waals surface area contributed by atoms with Gasteiger partial charge in [0.15, 0.2) is 5.75 Å². The van der Waals surface area contributed by atoms with Crippen molar-refractivity contribution < 1.29 is 103 Å². The van der Waals surface area contributed by atoms with E-state index in [0.717, 1.165) is 12.1 Å². The zero-order valence-electron chi connectivity index (χ0n) is 25.2.